The highest BCUT2D eigenvalue weighted by atomic mass is 35.5. The summed E-state index contributed by atoms with van der Waals surface area (Å²) < 4.78 is 0. The van der Waals surface area contributed by atoms with Crippen molar-refractivity contribution in [2.45, 2.75) is 25.8 Å². The van der Waals surface area contributed by atoms with Crippen LogP contribution in [0.4, 0.5) is 0 Å². The molecule has 1 fully saturated rings. The Kier molecular flexibility index (Phi) is 7.41. The van der Waals surface area contributed by atoms with E-state index in [2.05, 4.69) is 11.8 Å². The van der Waals surface area contributed by atoms with E-state index in [1.54, 1.807) is 0 Å². The lowest BCUT2D eigenvalue weighted by Gasteiger charge is -2.20. The quantitative estimate of drug-likeness (QED) is 0.742. The van der Waals surface area contributed by atoms with Gasteiger partial charge < -0.3 is 5.11 Å². The topological polar surface area (TPSA) is 40.5 Å². The van der Waals surface area contributed by atoms with Crippen molar-refractivity contribution >= 4 is 30.1 Å². The van der Waals surface area contributed by atoms with Crippen molar-refractivity contribution in [3.63, 3.8) is 0 Å². The summed E-state index contributed by atoms with van der Waals surface area (Å²) in [6, 6.07) is -0.211. The third-order valence-corrected chi connectivity index (χ3v) is 3.26. The molecule has 1 heterocycles. The highest BCUT2D eigenvalue weighted by Crippen LogP contribution is 2.17. The van der Waals surface area contributed by atoms with Gasteiger partial charge in [0.25, 0.3) is 0 Å². The fourth-order valence-electron chi connectivity index (χ4n) is 1.70. The summed E-state index contributed by atoms with van der Waals surface area (Å²) in [5, 5.41) is 8.89. The van der Waals surface area contributed by atoms with Gasteiger partial charge in [0, 0.05) is 12.3 Å². The van der Waals surface area contributed by atoms with Gasteiger partial charge in [0.1, 0.15) is 6.04 Å². The first kappa shape index (κ1) is 14.1. The number of likely N-dealkylation sites (tertiary alicyclic amines) is 1. The zero-order valence-corrected chi connectivity index (χ0v) is 10.1. The average Bonchev–Trinajstić information content (AvgIpc) is 2.53. The fraction of sp³-hybridized carbons (Fsp3) is 0.889. The summed E-state index contributed by atoms with van der Waals surface area (Å²) in [5.41, 5.74) is 0. The van der Waals surface area contributed by atoms with Crippen LogP contribution in [0.5, 0.6) is 0 Å². The predicted molar refractivity (Wildman–Crippen MR) is 62.5 cm³/mol. The van der Waals surface area contributed by atoms with Gasteiger partial charge in [-0.15, -0.1) is 12.4 Å². The zero-order chi connectivity index (χ0) is 9.68. The van der Waals surface area contributed by atoms with Crippen molar-refractivity contribution in [2.24, 2.45) is 0 Å². The van der Waals surface area contributed by atoms with Crippen LogP contribution in [-0.2, 0) is 4.79 Å². The maximum atomic E-state index is 10.8. The van der Waals surface area contributed by atoms with Crippen LogP contribution in [0.2, 0.25) is 0 Å². The van der Waals surface area contributed by atoms with Crippen LogP contribution >= 0.6 is 24.2 Å². The van der Waals surface area contributed by atoms with Crippen LogP contribution < -0.4 is 0 Å². The van der Waals surface area contributed by atoms with Gasteiger partial charge in [0.2, 0.25) is 0 Å². The normalized spacial score (nSPS) is 21.9. The molecule has 1 unspecified atom stereocenters. The minimum atomic E-state index is -0.654. The Labute approximate surface area is 95.6 Å². The fourth-order valence-corrected chi connectivity index (χ4v) is 2.35. The molecule has 1 atom stereocenters. The van der Waals surface area contributed by atoms with E-state index in [4.69, 9.17) is 5.11 Å². The van der Waals surface area contributed by atoms with Gasteiger partial charge in [-0.2, -0.15) is 11.8 Å². The van der Waals surface area contributed by atoms with Crippen molar-refractivity contribution in [1.82, 2.24) is 4.90 Å². The van der Waals surface area contributed by atoms with E-state index in [1.165, 1.54) is 0 Å². The van der Waals surface area contributed by atoms with E-state index in [0.717, 1.165) is 37.4 Å². The first-order valence-electron chi connectivity index (χ1n) is 4.80. The third kappa shape index (κ3) is 4.07. The Balaban J connectivity index is 0.00000169. The van der Waals surface area contributed by atoms with Gasteiger partial charge in [-0.1, -0.05) is 6.92 Å². The number of carboxylic acid groups (broad SMARTS) is 1. The van der Waals surface area contributed by atoms with Gasteiger partial charge in [0.05, 0.1) is 0 Å². The highest BCUT2D eigenvalue weighted by molar-refractivity contribution is 7.99. The Morgan fingerprint density at radius 1 is 1.64 bits per heavy atom. The number of aliphatic carboxylic acids is 1. The molecule has 0 bridgehead atoms. The molecule has 1 N–H and O–H groups in total. The van der Waals surface area contributed by atoms with Crippen LogP contribution in [-0.4, -0.2) is 46.6 Å². The molecule has 0 saturated carbocycles. The Hall–Kier alpha value is 0.0700. The van der Waals surface area contributed by atoms with E-state index in [0.29, 0.717) is 0 Å². The number of halogens is 1. The van der Waals surface area contributed by atoms with Crippen molar-refractivity contribution in [3.05, 3.63) is 0 Å². The molecule has 1 saturated heterocycles. The molecule has 3 nitrogen and oxygen atoms in total. The lowest BCUT2D eigenvalue weighted by Crippen LogP contribution is -2.37. The SMILES string of the molecule is CCSCCN1CCCC1C(=O)O.Cl. The van der Waals surface area contributed by atoms with Gasteiger partial charge in [-0.05, 0) is 25.1 Å². The number of carbonyl (C=O) groups is 1. The van der Waals surface area contributed by atoms with E-state index >= 15 is 0 Å². The van der Waals surface area contributed by atoms with E-state index in [9.17, 15) is 4.79 Å². The number of nitrogens with zero attached hydrogens (tertiary/aromatic N) is 1. The molecule has 0 aromatic heterocycles. The minimum Gasteiger partial charge on any atom is -0.480 e. The van der Waals surface area contributed by atoms with E-state index in [1.807, 2.05) is 11.8 Å². The monoisotopic (exact) mass is 239 g/mol. The van der Waals surface area contributed by atoms with Crippen LogP contribution in [0.15, 0.2) is 0 Å². The van der Waals surface area contributed by atoms with Gasteiger partial charge >= 0.3 is 5.97 Å². The maximum Gasteiger partial charge on any atom is 0.320 e. The molecule has 14 heavy (non-hydrogen) atoms. The van der Waals surface area contributed by atoms with Gasteiger partial charge in [0.15, 0.2) is 0 Å². The first-order chi connectivity index (χ1) is 6.25. The molecule has 1 rings (SSSR count). The highest BCUT2D eigenvalue weighted by Gasteiger charge is 2.29. The molecule has 0 aromatic carbocycles. The van der Waals surface area contributed by atoms with Crippen LogP contribution in [0, 0.1) is 0 Å². The van der Waals surface area contributed by atoms with Crippen LogP contribution in [0.3, 0.4) is 0 Å². The smallest absolute Gasteiger partial charge is 0.320 e. The Morgan fingerprint density at radius 2 is 2.36 bits per heavy atom. The molecule has 0 radical (unpaired) electrons. The summed E-state index contributed by atoms with van der Waals surface area (Å²) in [6.07, 6.45) is 1.86. The molecule has 84 valence electrons. The van der Waals surface area contributed by atoms with Crippen molar-refractivity contribution in [1.29, 1.82) is 0 Å². The van der Waals surface area contributed by atoms with E-state index in [-0.39, 0.29) is 18.4 Å². The lowest BCUT2D eigenvalue weighted by atomic mass is 10.2. The molecule has 1 aliphatic rings. The first-order valence-corrected chi connectivity index (χ1v) is 5.95. The zero-order valence-electron chi connectivity index (χ0n) is 8.44. The molecule has 0 aliphatic carbocycles. The second-order valence-corrected chi connectivity index (χ2v) is 4.62. The second-order valence-electron chi connectivity index (χ2n) is 3.23. The van der Waals surface area contributed by atoms with E-state index < -0.39 is 5.97 Å². The molecule has 1 aliphatic heterocycles. The standard InChI is InChI=1S/C9H17NO2S.ClH/c1-2-13-7-6-10-5-3-4-8(10)9(11)12;/h8H,2-7H2,1H3,(H,11,12);1H. The van der Waals surface area contributed by atoms with Crippen molar-refractivity contribution < 1.29 is 9.90 Å². The molecular formula is C9H18ClNO2S. The molecule has 5 heteroatoms. The summed E-state index contributed by atoms with van der Waals surface area (Å²) in [7, 11) is 0. The Bertz CT molecular complexity index is 180. The summed E-state index contributed by atoms with van der Waals surface area (Å²) >= 11 is 1.87. The van der Waals surface area contributed by atoms with Crippen LogP contribution in [0.25, 0.3) is 0 Å². The van der Waals surface area contributed by atoms with Gasteiger partial charge in [-0.25, -0.2) is 0 Å². The lowest BCUT2D eigenvalue weighted by molar-refractivity contribution is -0.142. The summed E-state index contributed by atoms with van der Waals surface area (Å²) in [6.45, 7) is 4.01. The number of hydrogen-bond acceptors (Lipinski definition) is 3. The largest absolute Gasteiger partial charge is 0.480 e. The second kappa shape index (κ2) is 7.37. The number of hydrogen-bond donors (Lipinski definition) is 1. The molecule has 0 spiro atoms. The van der Waals surface area contributed by atoms with Crippen LogP contribution in [0.1, 0.15) is 19.8 Å². The molecule has 0 amide bonds. The van der Waals surface area contributed by atoms with Crippen molar-refractivity contribution in [3.8, 4) is 0 Å². The predicted octanol–water partition coefficient (Wildman–Crippen LogP) is 1.71. The third-order valence-electron chi connectivity index (χ3n) is 2.38. The Morgan fingerprint density at radius 3 is 2.93 bits per heavy atom. The molecule has 0 aromatic rings. The molecular weight excluding hydrogens is 222 g/mol. The number of carboxylic acids is 1. The number of rotatable bonds is 5. The summed E-state index contributed by atoms with van der Waals surface area (Å²) in [4.78, 5) is 12.9. The average molecular weight is 240 g/mol. The van der Waals surface area contributed by atoms with Crippen molar-refractivity contribution in [2.75, 3.05) is 24.6 Å². The maximum absolute atomic E-state index is 10.8. The van der Waals surface area contributed by atoms with Gasteiger partial charge in [-0.3, -0.25) is 9.69 Å². The summed E-state index contributed by atoms with van der Waals surface area (Å²) in [5.74, 6) is 1.52. The number of thioether (sulfide) groups is 1. The minimum absolute atomic E-state index is 0.